The van der Waals surface area contributed by atoms with Crippen LogP contribution in [0.15, 0.2) is 30.3 Å². The maximum Gasteiger partial charge on any atom is 0.329 e. The van der Waals surface area contributed by atoms with Crippen LogP contribution in [0.3, 0.4) is 0 Å². The summed E-state index contributed by atoms with van der Waals surface area (Å²) in [6, 6.07) is 5.85. The third kappa shape index (κ3) is 4.50. The van der Waals surface area contributed by atoms with Crippen LogP contribution in [-0.4, -0.2) is 22.5 Å². The number of aliphatic carboxylic acids is 1. The largest absolute Gasteiger partial charge is 0.480 e. The second-order valence-electron chi connectivity index (χ2n) is 4.70. The fraction of sp³-hybridized carbons (Fsp3) is 0.333. The van der Waals surface area contributed by atoms with Crippen molar-refractivity contribution in [2.24, 2.45) is 0 Å². The Balaban J connectivity index is 2.55. The fourth-order valence-electron chi connectivity index (χ4n) is 1.53. The number of carbonyl (C=O) groups is 2. The molecule has 1 rings (SSSR count). The molecule has 1 amide bonds. The van der Waals surface area contributed by atoms with Gasteiger partial charge in [-0.1, -0.05) is 31.2 Å². The van der Waals surface area contributed by atoms with E-state index in [9.17, 15) is 14.0 Å². The molecule has 2 N–H and O–H groups in total. The van der Waals surface area contributed by atoms with Gasteiger partial charge in [-0.2, -0.15) is 0 Å². The molecule has 0 fully saturated rings. The number of carboxylic acids is 1. The Kier molecular flexibility index (Phi) is 5.43. The summed E-state index contributed by atoms with van der Waals surface area (Å²) in [5.41, 5.74) is -0.475. The molecule has 1 aromatic carbocycles. The molecule has 108 valence electrons. The minimum absolute atomic E-state index is 0.0697. The van der Waals surface area contributed by atoms with Crippen LogP contribution in [0.1, 0.15) is 32.3 Å². The smallest absolute Gasteiger partial charge is 0.329 e. The first-order valence-electron chi connectivity index (χ1n) is 6.34. The Labute approximate surface area is 117 Å². The van der Waals surface area contributed by atoms with Crippen LogP contribution in [0.4, 0.5) is 4.39 Å². The van der Waals surface area contributed by atoms with E-state index in [0.717, 1.165) is 5.56 Å². The molecule has 0 aromatic heterocycles. The number of amides is 1. The molecular weight excluding hydrogens is 261 g/mol. The quantitative estimate of drug-likeness (QED) is 0.841. The SMILES string of the molecule is CCC(C)(NC(=O)C/C=C/c1ccc(F)cc1)C(=O)O. The number of benzene rings is 1. The van der Waals surface area contributed by atoms with Gasteiger partial charge in [-0.3, -0.25) is 4.79 Å². The summed E-state index contributed by atoms with van der Waals surface area (Å²) in [5, 5.41) is 11.5. The molecule has 0 saturated heterocycles. The lowest BCUT2D eigenvalue weighted by Crippen LogP contribution is -2.51. The maximum atomic E-state index is 12.7. The molecule has 1 unspecified atom stereocenters. The van der Waals surface area contributed by atoms with Crippen LogP contribution >= 0.6 is 0 Å². The topological polar surface area (TPSA) is 66.4 Å². The maximum absolute atomic E-state index is 12.7. The summed E-state index contributed by atoms with van der Waals surface area (Å²) >= 11 is 0. The summed E-state index contributed by atoms with van der Waals surface area (Å²) in [6.07, 6.45) is 3.67. The van der Waals surface area contributed by atoms with Crippen molar-refractivity contribution in [2.75, 3.05) is 0 Å². The summed E-state index contributed by atoms with van der Waals surface area (Å²) in [5.74, 6) is -1.74. The van der Waals surface area contributed by atoms with Crippen molar-refractivity contribution in [3.05, 3.63) is 41.7 Å². The summed E-state index contributed by atoms with van der Waals surface area (Å²) in [6.45, 7) is 3.17. The van der Waals surface area contributed by atoms with Gasteiger partial charge in [-0.05, 0) is 31.0 Å². The van der Waals surface area contributed by atoms with E-state index in [1.807, 2.05) is 0 Å². The third-order valence-corrected chi connectivity index (χ3v) is 3.08. The van der Waals surface area contributed by atoms with Crippen LogP contribution in [0, 0.1) is 5.82 Å². The van der Waals surface area contributed by atoms with Crippen LogP contribution in [0.5, 0.6) is 0 Å². The first kappa shape index (κ1) is 15.9. The highest BCUT2D eigenvalue weighted by atomic mass is 19.1. The molecule has 0 bridgehead atoms. The van der Waals surface area contributed by atoms with E-state index in [2.05, 4.69) is 5.32 Å². The molecule has 0 saturated carbocycles. The molecule has 20 heavy (non-hydrogen) atoms. The first-order valence-corrected chi connectivity index (χ1v) is 6.34. The second-order valence-corrected chi connectivity index (χ2v) is 4.70. The van der Waals surface area contributed by atoms with E-state index in [0.29, 0.717) is 6.42 Å². The third-order valence-electron chi connectivity index (χ3n) is 3.08. The van der Waals surface area contributed by atoms with Gasteiger partial charge in [-0.25, -0.2) is 9.18 Å². The van der Waals surface area contributed by atoms with Crippen molar-refractivity contribution in [3.8, 4) is 0 Å². The molecule has 0 heterocycles. The number of carbonyl (C=O) groups excluding carboxylic acids is 1. The first-order chi connectivity index (χ1) is 9.37. The molecule has 0 aliphatic heterocycles. The van der Waals surface area contributed by atoms with Crippen LogP contribution in [-0.2, 0) is 9.59 Å². The Morgan fingerprint density at radius 3 is 2.45 bits per heavy atom. The number of hydrogen-bond acceptors (Lipinski definition) is 2. The minimum atomic E-state index is -1.25. The number of halogens is 1. The van der Waals surface area contributed by atoms with Gasteiger partial charge in [-0.15, -0.1) is 0 Å². The molecule has 0 aliphatic rings. The zero-order chi connectivity index (χ0) is 15.2. The minimum Gasteiger partial charge on any atom is -0.480 e. The average molecular weight is 279 g/mol. The molecule has 0 aliphatic carbocycles. The van der Waals surface area contributed by atoms with Gasteiger partial charge in [0.05, 0.1) is 0 Å². The highest BCUT2D eigenvalue weighted by Gasteiger charge is 2.32. The lowest BCUT2D eigenvalue weighted by Gasteiger charge is -2.24. The van der Waals surface area contributed by atoms with E-state index in [1.165, 1.54) is 19.1 Å². The summed E-state index contributed by atoms with van der Waals surface area (Å²) in [7, 11) is 0. The van der Waals surface area contributed by atoms with E-state index >= 15 is 0 Å². The number of rotatable bonds is 6. The Bertz CT molecular complexity index is 510. The summed E-state index contributed by atoms with van der Waals surface area (Å²) in [4.78, 5) is 22.7. The average Bonchev–Trinajstić information content (AvgIpc) is 2.40. The molecule has 0 spiro atoms. The Morgan fingerprint density at radius 1 is 1.35 bits per heavy atom. The van der Waals surface area contributed by atoms with Gasteiger partial charge < -0.3 is 10.4 Å². The van der Waals surface area contributed by atoms with E-state index in [-0.39, 0.29) is 18.1 Å². The monoisotopic (exact) mass is 279 g/mol. The van der Waals surface area contributed by atoms with Gasteiger partial charge in [0, 0.05) is 6.42 Å². The van der Waals surface area contributed by atoms with Crippen LogP contribution in [0.25, 0.3) is 6.08 Å². The van der Waals surface area contributed by atoms with Crippen molar-refractivity contribution in [2.45, 2.75) is 32.2 Å². The van der Waals surface area contributed by atoms with E-state index in [1.54, 1.807) is 31.2 Å². The van der Waals surface area contributed by atoms with Crippen molar-refractivity contribution >= 4 is 18.0 Å². The van der Waals surface area contributed by atoms with Gasteiger partial charge in [0.15, 0.2) is 0 Å². The molecule has 1 aromatic rings. The highest BCUT2D eigenvalue weighted by Crippen LogP contribution is 2.10. The molecule has 4 nitrogen and oxygen atoms in total. The van der Waals surface area contributed by atoms with Crippen molar-refractivity contribution in [3.63, 3.8) is 0 Å². The molecule has 1 atom stereocenters. The number of carboxylic acid groups (broad SMARTS) is 1. The van der Waals surface area contributed by atoms with Gasteiger partial charge in [0.25, 0.3) is 0 Å². The zero-order valence-electron chi connectivity index (χ0n) is 11.5. The fourth-order valence-corrected chi connectivity index (χ4v) is 1.53. The van der Waals surface area contributed by atoms with Crippen molar-refractivity contribution in [1.29, 1.82) is 0 Å². The Hall–Kier alpha value is -2.17. The number of hydrogen-bond donors (Lipinski definition) is 2. The second kappa shape index (κ2) is 6.84. The predicted molar refractivity (Wildman–Crippen MR) is 74.5 cm³/mol. The molecule has 0 radical (unpaired) electrons. The van der Waals surface area contributed by atoms with Crippen LogP contribution in [0.2, 0.25) is 0 Å². The molecule has 5 heteroatoms. The van der Waals surface area contributed by atoms with E-state index < -0.39 is 11.5 Å². The van der Waals surface area contributed by atoms with Gasteiger partial charge in [0.1, 0.15) is 11.4 Å². The van der Waals surface area contributed by atoms with Crippen LogP contribution < -0.4 is 5.32 Å². The highest BCUT2D eigenvalue weighted by molar-refractivity contribution is 5.87. The van der Waals surface area contributed by atoms with Crippen molar-refractivity contribution < 1.29 is 19.1 Å². The standard InChI is InChI=1S/C15H18FNO3/c1-3-15(2,14(19)20)17-13(18)6-4-5-11-7-9-12(16)10-8-11/h4-5,7-10H,3,6H2,1-2H3,(H,17,18)(H,19,20)/b5-4+. The summed E-state index contributed by atoms with van der Waals surface area (Å²) < 4.78 is 12.7. The predicted octanol–water partition coefficient (Wildman–Crippen LogP) is 2.60. The number of nitrogens with one attached hydrogen (secondary N) is 1. The van der Waals surface area contributed by atoms with Gasteiger partial charge >= 0.3 is 5.97 Å². The van der Waals surface area contributed by atoms with Gasteiger partial charge in [0.2, 0.25) is 5.91 Å². The lowest BCUT2D eigenvalue weighted by molar-refractivity contribution is -0.146. The zero-order valence-corrected chi connectivity index (χ0v) is 11.5. The van der Waals surface area contributed by atoms with E-state index in [4.69, 9.17) is 5.11 Å². The van der Waals surface area contributed by atoms with Crippen molar-refractivity contribution in [1.82, 2.24) is 5.32 Å². The molecular formula is C15H18FNO3. The lowest BCUT2D eigenvalue weighted by atomic mass is 9.99. The normalized spacial score (nSPS) is 13.9. The Morgan fingerprint density at radius 2 is 1.95 bits per heavy atom.